The van der Waals surface area contributed by atoms with Gasteiger partial charge < -0.3 is 0 Å². The van der Waals surface area contributed by atoms with Crippen molar-refractivity contribution in [1.82, 2.24) is 0 Å². The Kier molecular flexibility index (Phi) is 5.66. The number of rotatable bonds is 2. The van der Waals surface area contributed by atoms with Gasteiger partial charge in [0.05, 0.1) is 5.56 Å². The van der Waals surface area contributed by atoms with Gasteiger partial charge in [-0.15, -0.1) is 5.54 Å². The molecule has 0 aliphatic carbocycles. The van der Waals surface area contributed by atoms with E-state index in [9.17, 15) is 13.2 Å². The minimum Gasteiger partial charge on any atom is -0.166 e. The SMILES string of the molecule is C[Si](C)(C)C#CC(=CCBr)c1ccc(C(F)(F)F)cc1. The highest BCUT2D eigenvalue weighted by Crippen LogP contribution is 2.30. The Hall–Kier alpha value is -0.993. The predicted octanol–water partition coefficient (Wildman–Crippen LogP) is 5.36. The minimum absolute atomic E-state index is 0.615. The van der Waals surface area contributed by atoms with Crippen LogP contribution in [0.3, 0.4) is 0 Å². The predicted molar refractivity (Wildman–Crippen MR) is 84.3 cm³/mol. The van der Waals surface area contributed by atoms with E-state index in [0.717, 1.165) is 17.7 Å². The third kappa shape index (κ3) is 5.56. The maximum Gasteiger partial charge on any atom is 0.416 e. The number of hydrogen-bond acceptors (Lipinski definition) is 0. The van der Waals surface area contributed by atoms with Gasteiger partial charge in [-0.25, -0.2) is 0 Å². The summed E-state index contributed by atoms with van der Waals surface area (Å²) in [6.45, 7) is 6.37. The fraction of sp³-hybridized carbons (Fsp3) is 0.333. The van der Waals surface area contributed by atoms with Crippen molar-refractivity contribution in [2.24, 2.45) is 0 Å². The van der Waals surface area contributed by atoms with E-state index in [-0.39, 0.29) is 0 Å². The Morgan fingerprint density at radius 1 is 1.20 bits per heavy atom. The fourth-order valence-electron chi connectivity index (χ4n) is 1.41. The van der Waals surface area contributed by atoms with E-state index in [1.54, 1.807) is 0 Å². The molecule has 0 amide bonds. The van der Waals surface area contributed by atoms with Crippen LogP contribution in [0.25, 0.3) is 5.57 Å². The molecule has 0 atom stereocenters. The summed E-state index contributed by atoms with van der Waals surface area (Å²) in [5.74, 6) is 3.10. The number of alkyl halides is 4. The van der Waals surface area contributed by atoms with Gasteiger partial charge in [-0.05, 0) is 17.7 Å². The standard InChI is InChI=1S/C15H16BrF3Si/c1-20(2,3)11-9-13(8-10-16)12-4-6-14(7-5-12)15(17,18)19/h4-8H,10H2,1-3H3. The highest BCUT2D eigenvalue weighted by atomic mass is 79.9. The Labute approximate surface area is 127 Å². The lowest BCUT2D eigenvalue weighted by Crippen LogP contribution is -2.16. The molecule has 20 heavy (non-hydrogen) atoms. The maximum atomic E-state index is 12.5. The molecule has 0 radical (unpaired) electrons. The van der Waals surface area contributed by atoms with Gasteiger partial charge >= 0.3 is 6.18 Å². The highest BCUT2D eigenvalue weighted by molar-refractivity contribution is 9.09. The van der Waals surface area contributed by atoms with Crippen LogP contribution in [-0.4, -0.2) is 13.4 Å². The van der Waals surface area contributed by atoms with Crippen LogP contribution in [0.15, 0.2) is 30.3 Å². The van der Waals surface area contributed by atoms with Crippen LogP contribution in [0.1, 0.15) is 11.1 Å². The van der Waals surface area contributed by atoms with E-state index in [2.05, 4.69) is 47.0 Å². The van der Waals surface area contributed by atoms with E-state index in [4.69, 9.17) is 0 Å². The molecule has 0 heterocycles. The maximum absolute atomic E-state index is 12.5. The summed E-state index contributed by atoms with van der Waals surface area (Å²) in [4.78, 5) is 0. The second-order valence-corrected chi connectivity index (χ2v) is 10.7. The third-order valence-corrected chi connectivity index (χ3v) is 3.58. The van der Waals surface area contributed by atoms with Gasteiger partial charge in [-0.2, -0.15) is 13.2 Å². The number of hydrogen-bond donors (Lipinski definition) is 0. The molecule has 0 fully saturated rings. The van der Waals surface area contributed by atoms with E-state index in [1.165, 1.54) is 12.1 Å². The molecule has 0 spiro atoms. The van der Waals surface area contributed by atoms with Crippen molar-refractivity contribution in [2.45, 2.75) is 25.8 Å². The first-order chi connectivity index (χ1) is 9.13. The molecule has 0 aliphatic rings. The summed E-state index contributed by atoms with van der Waals surface area (Å²) in [6, 6.07) is 5.12. The van der Waals surface area contributed by atoms with Gasteiger partial charge in [0.2, 0.25) is 0 Å². The summed E-state index contributed by atoms with van der Waals surface area (Å²) in [5.41, 5.74) is 4.06. The summed E-state index contributed by atoms with van der Waals surface area (Å²) in [5, 5.41) is 0.615. The van der Waals surface area contributed by atoms with Crippen molar-refractivity contribution in [2.75, 3.05) is 5.33 Å². The fourth-order valence-corrected chi connectivity index (χ4v) is 2.25. The number of halogens is 4. The lowest BCUT2D eigenvalue weighted by molar-refractivity contribution is -0.137. The first-order valence-corrected chi connectivity index (χ1v) is 10.7. The molecule has 1 rings (SSSR count). The van der Waals surface area contributed by atoms with Crippen molar-refractivity contribution in [3.05, 3.63) is 41.5 Å². The molecule has 108 valence electrons. The molecule has 0 N–H and O–H groups in total. The second-order valence-electron chi connectivity index (χ2n) is 5.35. The minimum atomic E-state index is -4.30. The van der Waals surface area contributed by atoms with Gasteiger partial charge in [0, 0.05) is 10.9 Å². The van der Waals surface area contributed by atoms with Crippen molar-refractivity contribution >= 4 is 29.6 Å². The zero-order chi connectivity index (χ0) is 15.4. The quantitative estimate of drug-likeness (QED) is 0.378. The van der Waals surface area contributed by atoms with Crippen LogP contribution in [0.4, 0.5) is 13.2 Å². The van der Waals surface area contributed by atoms with Crippen LogP contribution in [0.5, 0.6) is 0 Å². The zero-order valence-electron chi connectivity index (χ0n) is 11.6. The molecule has 0 aromatic heterocycles. The molecule has 0 unspecified atom stereocenters. The lowest BCUT2D eigenvalue weighted by Gasteiger charge is -2.08. The summed E-state index contributed by atoms with van der Waals surface area (Å²) < 4.78 is 37.6. The van der Waals surface area contributed by atoms with Crippen LogP contribution in [0.2, 0.25) is 19.6 Å². The first-order valence-electron chi connectivity index (χ1n) is 6.10. The van der Waals surface area contributed by atoms with E-state index in [1.807, 2.05) is 6.08 Å². The van der Waals surface area contributed by atoms with E-state index >= 15 is 0 Å². The summed E-state index contributed by atoms with van der Waals surface area (Å²) in [7, 11) is -1.52. The molecule has 0 nitrogen and oxygen atoms in total. The normalized spacial score (nSPS) is 12.8. The van der Waals surface area contributed by atoms with Crippen molar-refractivity contribution in [1.29, 1.82) is 0 Å². The zero-order valence-corrected chi connectivity index (χ0v) is 14.2. The smallest absolute Gasteiger partial charge is 0.166 e. The van der Waals surface area contributed by atoms with Gasteiger partial charge in [0.15, 0.2) is 0 Å². The molecular formula is C15H16BrF3Si. The highest BCUT2D eigenvalue weighted by Gasteiger charge is 2.29. The first kappa shape index (κ1) is 17.1. The van der Waals surface area contributed by atoms with E-state index in [0.29, 0.717) is 10.9 Å². The topological polar surface area (TPSA) is 0 Å². The number of allylic oxidation sites excluding steroid dienone is 2. The average molecular weight is 361 g/mol. The van der Waals surface area contributed by atoms with E-state index < -0.39 is 19.8 Å². The summed E-state index contributed by atoms with van der Waals surface area (Å²) >= 11 is 3.30. The molecule has 1 aromatic rings. The average Bonchev–Trinajstić information content (AvgIpc) is 2.32. The molecule has 1 aromatic carbocycles. The van der Waals surface area contributed by atoms with Crippen molar-refractivity contribution in [3.8, 4) is 11.5 Å². The van der Waals surface area contributed by atoms with Gasteiger partial charge in [-0.1, -0.05) is 59.7 Å². The molecule has 0 bridgehead atoms. The summed E-state index contributed by atoms with van der Waals surface area (Å²) in [6.07, 6.45) is -2.43. The second kappa shape index (κ2) is 6.64. The molecule has 0 saturated heterocycles. The van der Waals surface area contributed by atoms with Crippen LogP contribution in [-0.2, 0) is 6.18 Å². The van der Waals surface area contributed by atoms with Crippen molar-refractivity contribution < 1.29 is 13.2 Å². The lowest BCUT2D eigenvalue weighted by atomic mass is 10.0. The molecule has 5 heteroatoms. The Morgan fingerprint density at radius 2 is 1.75 bits per heavy atom. The van der Waals surface area contributed by atoms with Crippen LogP contribution >= 0.6 is 15.9 Å². The van der Waals surface area contributed by atoms with Gasteiger partial charge in [0.1, 0.15) is 8.07 Å². The number of benzene rings is 1. The largest absolute Gasteiger partial charge is 0.416 e. The molecule has 0 saturated carbocycles. The van der Waals surface area contributed by atoms with Gasteiger partial charge in [0.25, 0.3) is 0 Å². The third-order valence-electron chi connectivity index (χ3n) is 2.38. The van der Waals surface area contributed by atoms with Crippen LogP contribution in [0, 0.1) is 11.5 Å². The van der Waals surface area contributed by atoms with Crippen molar-refractivity contribution in [3.63, 3.8) is 0 Å². The van der Waals surface area contributed by atoms with Gasteiger partial charge in [-0.3, -0.25) is 0 Å². The Balaban J connectivity index is 3.11. The Morgan fingerprint density at radius 3 is 2.15 bits per heavy atom. The molecule has 0 aliphatic heterocycles. The molecular weight excluding hydrogens is 345 g/mol. The monoisotopic (exact) mass is 360 g/mol. The van der Waals surface area contributed by atoms with Crippen LogP contribution < -0.4 is 0 Å². The Bertz CT molecular complexity index is 540.